The summed E-state index contributed by atoms with van der Waals surface area (Å²) in [5, 5.41) is 8.52. The van der Waals surface area contributed by atoms with Crippen LogP contribution in [0.1, 0.15) is 13.3 Å². The molecule has 0 saturated carbocycles. The van der Waals surface area contributed by atoms with E-state index in [1.807, 2.05) is 0 Å². The summed E-state index contributed by atoms with van der Waals surface area (Å²) in [6.07, 6.45) is 0.494. The molecule has 1 aromatic carbocycles. The van der Waals surface area contributed by atoms with Gasteiger partial charge in [-0.1, -0.05) is 19.1 Å². The molecule has 0 heterocycles. The van der Waals surface area contributed by atoms with Gasteiger partial charge in [-0.25, -0.2) is 13.2 Å². The number of sulfonamides is 1. The van der Waals surface area contributed by atoms with Gasteiger partial charge in [0.25, 0.3) is 0 Å². The highest BCUT2D eigenvalue weighted by atomic mass is 32.2. The summed E-state index contributed by atoms with van der Waals surface area (Å²) in [6.45, 7) is 1.23. The Morgan fingerprint density at radius 1 is 1.39 bits per heavy atom. The van der Waals surface area contributed by atoms with Crippen molar-refractivity contribution in [3.63, 3.8) is 0 Å². The third-order valence-electron chi connectivity index (χ3n) is 1.98. The summed E-state index contributed by atoms with van der Waals surface area (Å²) in [6, 6.07) is 6.30. The van der Waals surface area contributed by atoms with E-state index in [-0.39, 0.29) is 17.2 Å². The van der Waals surface area contributed by atoms with Crippen molar-refractivity contribution >= 4 is 21.7 Å². The molecule has 0 atom stereocenters. The Kier molecular flexibility index (Phi) is 4.96. The first-order valence-corrected chi connectivity index (χ1v) is 7.04. The fraction of sp³-hybridized carbons (Fsp3) is 0.364. The minimum atomic E-state index is -3.42. The Bertz CT molecular complexity index is 512. The number of aliphatic carboxylic acids is 1. The molecule has 1 rings (SSSR count). The summed E-state index contributed by atoms with van der Waals surface area (Å²) in [4.78, 5) is 10.4. The quantitative estimate of drug-likeness (QED) is 0.781. The van der Waals surface area contributed by atoms with Gasteiger partial charge in [0, 0.05) is 0 Å². The van der Waals surface area contributed by atoms with Crippen LogP contribution in [0.2, 0.25) is 0 Å². The van der Waals surface area contributed by atoms with Crippen LogP contribution in [0.3, 0.4) is 0 Å². The summed E-state index contributed by atoms with van der Waals surface area (Å²) in [5.74, 6) is -0.930. The third kappa shape index (κ3) is 4.62. The molecule has 0 fully saturated rings. The van der Waals surface area contributed by atoms with E-state index in [2.05, 4.69) is 4.72 Å². The Balaban J connectivity index is 2.85. The predicted octanol–water partition coefficient (Wildman–Crippen LogP) is 1.30. The van der Waals surface area contributed by atoms with Crippen molar-refractivity contribution < 1.29 is 23.1 Å². The standard InChI is InChI=1S/C11H15NO5S/c1-2-7-18(15,16)12-9-5-3-4-6-10(9)17-8-11(13)14/h3-6,12H,2,7-8H2,1H3,(H,13,14). The molecule has 18 heavy (non-hydrogen) atoms. The van der Waals surface area contributed by atoms with Crippen molar-refractivity contribution in [3.8, 4) is 5.75 Å². The number of benzene rings is 1. The second-order valence-electron chi connectivity index (χ2n) is 3.60. The summed E-state index contributed by atoms with van der Waals surface area (Å²) in [5.41, 5.74) is 0.243. The Hall–Kier alpha value is -1.76. The van der Waals surface area contributed by atoms with Crippen LogP contribution in [0.4, 0.5) is 5.69 Å². The van der Waals surface area contributed by atoms with Gasteiger partial charge in [0.1, 0.15) is 5.75 Å². The zero-order valence-electron chi connectivity index (χ0n) is 9.92. The predicted molar refractivity (Wildman–Crippen MR) is 67.3 cm³/mol. The van der Waals surface area contributed by atoms with Gasteiger partial charge in [0.2, 0.25) is 10.0 Å². The van der Waals surface area contributed by atoms with Crippen LogP contribution >= 0.6 is 0 Å². The number of hydrogen-bond donors (Lipinski definition) is 2. The van der Waals surface area contributed by atoms with E-state index < -0.39 is 22.6 Å². The van der Waals surface area contributed by atoms with Gasteiger partial charge >= 0.3 is 5.97 Å². The van der Waals surface area contributed by atoms with Crippen LogP contribution in [-0.2, 0) is 14.8 Å². The molecule has 2 N–H and O–H groups in total. The highest BCUT2D eigenvalue weighted by molar-refractivity contribution is 7.92. The summed E-state index contributed by atoms with van der Waals surface area (Å²) in [7, 11) is -3.42. The Morgan fingerprint density at radius 2 is 2.06 bits per heavy atom. The van der Waals surface area contributed by atoms with Crippen LogP contribution in [0.25, 0.3) is 0 Å². The molecule has 0 unspecified atom stereocenters. The number of para-hydroxylation sites is 2. The maximum atomic E-state index is 11.6. The molecule has 0 aliphatic rings. The van der Waals surface area contributed by atoms with Crippen molar-refractivity contribution in [1.82, 2.24) is 0 Å². The molecular formula is C11H15NO5S. The van der Waals surface area contributed by atoms with Crippen LogP contribution < -0.4 is 9.46 Å². The number of carboxylic acid groups (broad SMARTS) is 1. The zero-order valence-corrected chi connectivity index (χ0v) is 10.7. The Morgan fingerprint density at radius 3 is 2.67 bits per heavy atom. The maximum absolute atomic E-state index is 11.6. The van der Waals surface area contributed by atoms with E-state index in [9.17, 15) is 13.2 Å². The first kappa shape index (κ1) is 14.3. The van der Waals surface area contributed by atoms with Crippen LogP contribution in [0, 0.1) is 0 Å². The number of rotatable bonds is 7. The number of carbonyl (C=O) groups is 1. The van der Waals surface area contributed by atoms with Crippen molar-refractivity contribution in [2.75, 3.05) is 17.1 Å². The first-order chi connectivity index (χ1) is 8.44. The molecule has 0 aliphatic heterocycles. The lowest BCUT2D eigenvalue weighted by Crippen LogP contribution is -2.17. The lowest BCUT2D eigenvalue weighted by atomic mass is 10.3. The van der Waals surface area contributed by atoms with Gasteiger partial charge in [-0.2, -0.15) is 0 Å². The molecule has 100 valence electrons. The van der Waals surface area contributed by atoms with E-state index in [0.29, 0.717) is 6.42 Å². The van der Waals surface area contributed by atoms with E-state index in [0.717, 1.165) is 0 Å². The van der Waals surface area contributed by atoms with Crippen LogP contribution in [0.5, 0.6) is 5.75 Å². The number of ether oxygens (including phenoxy) is 1. The van der Waals surface area contributed by atoms with Gasteiger partial charge in [0.05, 0.1) is 11.4 Å². The van der Waals surface area contributed by atoms with Gasteiger partial charge < -0.3 is 9.84 Å². The lowest BCUT2D eigenvalue weighted by Gasteiger charge is -2.12. The summed E-state index contributed by atoms with van der Waals surface area (Å²) >= 11 is 0. The van der Waals surface area contributed by atoms with Crippen molar-refractivity contribution in [2.24, 2.45) is 0 Å². The highest BCUT2D eigenvalue weighted by Crippen LogP contribution is 2.24. The number of anilines is 1. The molecule has 0 bridgehead atoms. The highest BCUT2D eigenvalue weighted by Gasteiger charge is 2.12. The van der Waals surface area contributed by atoms with Gasteiger partial charge in [-0.05, 0) is 18.6 Å². The molecule has 0 aliphatic carbocycles. The molecule has 0 aromatic heterocycles. The molecule has 0 amide bonds. The second-order valence-corrected chi connectivity index (χ2v) is 5.44. The monoisotopic (exact) mass is 273 g/mol. The van der Waals surface area contributed by atoms with Crippen molar-refractivity contribution in [3.05, 3.63) is 24.3 Å². The number of nitrogens with one attached hydrogen (secondary N) is 1. The SMILES string of the molecule is CCCS(=O)(=O)Nc1ccccc1OCC(=O)O. The fourth-order valence-electron chi connectivity index (χ4n) is 1.30. The van der Waals surface area contributed by atoms with Gasteiger partial charge in [-0.15, -0.1) is 0 Å². The maximum Gasteiger partial charge on any atom is 0.341 e. The average molecular weight is 273 g/mol. The largest absolute Gasteiger partial charge is 0.480 e. The molecule has 0 saturated heterocycles. The minimum absolute atomic E-state index is 0.000263. The molecule has 7 heteroatoms. The first-order valence-electron chi connectivity index (χ1n) is 5.38. The van der Waals surface area contributed by atoms with Crippen molar-refractivity contribution in [1.29, 1.82) is 0 Å². The van der Waals surface area contributed by atoms with E-state index in [1.54, 1.807) is 19.1 Å². The fourth-order valence-corrected chi connectivity index (χ4v) is 2.45. The van der Waals surface area contributed by atoms with E-state index in [4.69, 9.17) is 9.84 Å². The van der Waals surface area contributed by atoms with Crippen LogP contribution in [-0.4, -0.2) is 31.9 Å². The number of hydrogen-bond acceptors (Lipinski definition) is 4. The summed E-state index contributed by atoms with van der Waals surface area (Å²) < 4.78 is 30.6. The van der Waals surface area contributed by atoms with Gasteiger partial charge in [0.15, 0.2) is 6.61 Å². The molecular weight excluding hydrogens is 258 g/mol. The van der Waals surface area contributed by atoms with E-state index in [1.165, 1.54) is 12.1 Å². The molecule has 1 aromatic rings. The lowest BCUT2D eigenvalue weighted by molar-refractivity contribution is -0.139. The topological polar surface area (TPSA) is 92.7 Å². The van der Waals surface area contributed by atoms with Crippen LogP contribution in [0.15, 0.2) is 24.3 Å². The smallest absolute Gasteiger partial charge is 0.341 e. The third-order valence-corrected chi connectivity index (χ3v) is 3.45. The Labute approximate surface area is 106 Å². The zero-order chi connectivity index (χ0) is 13.6. The average Bonchev–Trinajstić information content (AvgIpc) is 2.27. The normalized spacial score (nSPS) is 10.9. The van der Waals surface area contributed by atoms with E-state index >= 15 is 0 Å². The second kappa shape index (κ2) is 6.25. The number of carboxylic acids is 1. The molecule has 6 nitrogen and oxygen atoms in total. The molecule has 0 spiro atoms. The van der Waals surface area contributed by atoms with Gasteiger partial charge in [-0.3, -0.25) is 4.72 Å². The van der Waals surface area contributed by atoms with Crippen molar-refractivity contribution in [2.45, 2.75) is 13.3 Å². The minimum Gasteiger partial charge on any atom is -0.480 e. The molecule has 0 radical (unpaired) electrons.